The van der Waals surface area contributed by atoms with E-state index in [1.54, 1.807) is 19.2 Å². The van der Waals surface area contributed by atoms with Gasteiger partial charge in [0.05, 0.1) is 32.5 Å². The van der Waals surface area contributed by atoms with Crippen molar-refractivity contribution in [3.63, 3.8) is 0 Å². The minimum Gasteiger partial charge on any atom is -0.497 e. The molecule has 29 heavy (non-hydrogen) atoms. The van der Waals surface area contributed by atoms with E-state index in [9.17, 15) is 4.79 Å². The second-order valence-corrected chi connectivity index (χ2v) is 7.85. The summed E-state index contributed by atoms with van der Waals surface area (Å²) >= 11 is 0. The number of benzene rings is 2. The van der Waals surface area contributed by atoms with Crippen LogP contribution in [0.15, 0.2) is 47.6 Å². The van der Waals surface area contributed by atoms with Crippen molar-refractivity contribution in [2.24, 2.45) is 11.0 Å². The van der Waals surface area contributed by atoms with Crippen LogP contribution in [-0.4, -0.2) is 56.4 Å². The van der Waals surface area contributed by atoms with Gasteiger partial charge in [0, 0.05) is 11.5 Å². The van der Waals surface area contributed by atoms with Gasteiger partial charge in [0.15, 0.2) is 0 Å². The average Bonchev–Trinajstić information content (AvgIpc) is 3.13. The molecule has 0 N–H and O–H groups in total. The molecule has 2 atom stereocenters. The molecule has 0 radical (unpaired) electrons. The van der Waals surface area contributed by atoms with Crippen molar-refractivity contribution in [1.29, 1.82) is 0 Å². The summed E-state index contributed by atoms with van der Waals surface area (Å²) in [5.74, 6) is 1.78. The molecule has 2 aromatic carbocycles. The van der Waals surface area contributed by atoms with E-state index < -0.39 is 0 Å². The largest absolute Gasteiger partial charge is 0.497 e. The van der Waals surface area contributed by atoms with E-state index in [2.05, 4.69) is 6.07 Å². The molecule has 1 heterocycles. The van der Waals surface area contributed by atoms with Crippen molar-refractivity contribution in [2.45, 2.75) is 18.9 Å². The molecule has 152 valence electrons. The topological polar surface area (TPSA) is 54.4 Å². The van der Waals surface area contributed by atoms with E-state index in [0.717, 1.165) is 41.2 Å². The van der Waals surface area contributed by atoms with Crippen LogP contribution in [0, 0.1) is 5.92 Å². The van der Waals surface area contributed by atoms with Crippen molar-refractivity contribution in [2.75, 3.05) is 34.9 Å². The van der Waals surface area contributed by atoms with E-state index in [0.29, 0.717) is 6.54 Å². The first-order valence-corrected chi connectivity index (χ1v) is 9.88. The fourth-order valence-corrected chi connectivity index (χ4v) is 4.30. The van der Waals surface area contributed by atoms with E-state index in [1.807, 2.05) is 55.4 Å². The number of fused-ring (bicyclic) bond motifs is 3. The number of rotatable bonds is 5. The number of nitrogens with zero attached hydrogens (tertiary/aromatic N) is 3. The first-order chi connectivity index (χ1) is 14.0. The number of aryl methyl sites for hydroxylation is 1. The van der Waals surface area contributed by atoms with Crippen molar-refractivity contribution in [1.82, 2.24) is 9.91 Å². The summed E-state index contributed by atoms with van der Waals surface area (Å²) in [5, 5.41) is 6.56. The normalized spacial score (nSPS) is 20.2. The molecule has 1 aliphatic carbocycles. The van der Waals surface area contributed by atoms with Gasteiger partial charge in [0.25, 0.3) is 5.91 Å². The molecule has 6 nitrogen and oxygen atoms in total. The summed E-state index contributed by atoms with van der Waals surface area (Å²) in [7, 11) is 7.13. The first kappa shape index (κ1) is 19.5. The molecule has 0 fully saturated rings. The minimum absolute atomic E-state index is 0.00200. The summed E-state index contributed by atoms with van der Waals surface area (Å²) in [5.41, 5.74) is 4.42. The molecule has 0 spiro atoms. The number of likely N-dealkylation sites (N-methyl/N-ethyl adjacent to an activating group) is 1. The summed E-state index contributed by atoms with van der Waals surface area (Å²) < 4.78 is 10.7. The third-order valence-electron chi connectivity index (χ3n) is 5.69. The molecular weight excluding hydrogens is 366 g/mol. The van der Waals surface area contributed by atoms with Gasteiger partial charge in [-0.05, 0) is 62.3 Å². The Hall–Kier alpha value is -2.86. The maximum atomic E-state index is 13.1. The van der Waals surface area contributed by atoms with Crippen LogP contribution in [0.4, 0.5) is 0 Å². The zero-order chi connectivity index (χ0) is 20.5. The second kappa shape index (κ2) is 7.87. The zero-order valence-electron chi connectivity index (χ0n) is 17.4. The smallest absolute Gasteiger partial charge is 0.257 e. The van der Waals surface area contributed by atoms with Crippen LogP contribution in [0.1, 0.15) is 29.2 Å². The number of carbonyl (C=O) groups excluding carboxylic acids is 1. The number of ether oxygens (including phenoxy) is 2. The SMILES string of the molecule is COc1ccc([C@@H]2[C@@H]3CCc4ccc(OC)cc4C3=NN2C(=O)CN(C)C)cc1. The van der Waals surface area contributed by atoms with Gasteiger partial charge in [-0.2, -0.15) is 5.10 Å². The molecule has 0 saturated heterocycles. The van der Waals surface area contributed by atoms with Crippen molar-refractivity contribution in [3.8, 4) is 11.5 Å². The van der Waals surface area contributed by atoms with Gasteiger partial charge < -0.3 is 14.4 Å². The molecular formula is C23H27N3O3. The molecule has 1 amide bonds. The molecule has 4 rings (SSSR count). The van der Waals surface area contributed by atoms with Gasteiger partial charge in [-0.1, -0.05) is 18.2 Å². The number of hydrazone groups is 1. The lowest BCUT2D eigenvalue weighted by atomic mass is 9.77. The summed E-state index contributed by atoms with van der Waals surface area (Å²) in [6, 6.07) is 14.0. The summed E-state index contributed by atoms with van der Waals surface area (Å²) in [4.78, 5) is 15.0. The maximum Gasteiger partial charge on any atom is 0.257 e. The number of methoxy groups -OCH3 is 2. The molecule has 6 heteroatoms. The molecule has 2 aliphatic rings. The Morgan fingerprint density at radius 3 is 2.45 bits per heavy atom. The maximum absolute atomic E-state index is 13.1. The van der Waals surface area contributed by atoms with Gasteiger partial charge >= 0.3 is 0 Å². The van der Waals surface area contributed by atoms with Gasteiger partial charge in [-0.25, -0.2) is 5.01 Å². The lowest BCUT2D eigenvalue weighted by Crippen LogP contribution is -2.37. The second-order valence-electron chi connectivity index (χ2n) is 7.85. The molecule has 0 bridgehead atoms. The molecule has 0 aromatic heterocycles. The highest BCUT2D eigenvalue weighted by Crippen LogP contribution is 2.44. The fourth-order valence-electron chi connectivity index (χ4n) is 4.30. The van der Waals surface area contributed by atoms with E-state index in [-0.39, 0.29) is 17.9 Å². The number of amides is 1. The van der Waals surface area contributed by atoms with E-state index in [4.69, 9.17) is 14.6 Å². The zero-order valence-corrected chi connectivity index (χ0v) is 17.4. The first-order valence-electron chi connectivity index (χ1n) is 9.88. The minimum atomic E-state index is -0.109. The van der Waals surface area contributed by atoms with Crippen LogP contribution in [-0.2, 0) is 11.2 Å². The Labute approximate surface area is 171 Å². The van der Waals surface area contributed by atoms with Crippen LogP contribution in [0.2, 0.25) is 0 Å². The standard InChI is InChI=1S/C23H27N3O3/c1-25(2)14-21(27)26-23(16-6-9-17(28-3)10-7-16)19-12-8-15-5-11-18(29-4)13-20(15)22(19)24-26/h5-7,9-11,13,19,23H,8,12,14H2,1-4H3/t19-,23-/m1/s1. The number of carbonyl (C=O) groups is 1. The third kappa shape index (κ3) is 3.60. The monoisotopic (exact) mass is 393 g/mol. The Bertz CT molecular complexity index is 937. The third-order valence-corrected chi connectivity index (χ3v) is 5.69. The Morgan fingerprint density at radius 1 is 1.10 bits per heavy atom. The highest BCUT2D eigenvalue weighted by atomic mass is 16.5. The van der Waals surface area contributed by atoms with Gasteiger partial charge in [-0.3, -0.25) is 4.79 Å². The predicted octanol–water partition coefficient (Wildman–Crippen LogP) is 3.12. The fraction of sp³-hybridized carbons (Fsp3) is 0.391. The summed E-state index contributed by atoms with van der Waals surface area (Å²) in [6.45, 7) is 0.321. The van der Waals surface area contributed by atoms with Crippen molar-refractivity contribution < 1.29 is 14.3 Å². The van der Waals surface area contributed by atoms with Gasteiger partial charge in [0.1, 0.15) is 11.5 Å². The van der Waals surface area contributed by atoms with Crippen LogP contribution >= 0.6 is 0 Å². The van der Waals surface area contributed by atoms with Gasteiger partial charge in [0.2, 0.25) is 0 Å². The van der Waals surface area contributed by atoms with Crippen LogP contribution in [0.25, 0.3) is 0 Å². The van der Waals surface area contributed by atoms with Crippen LogP contribution < -0.4 is 9.47 Å². The molecule has 0 unspecified atom stereocenters. The average molecular weight is 393 g/mol. The lowest BCUT2D eigenvalue weighted by Gasteiger charge is -2.30. The van der Waals surface area contributed by atoms with Crippen molar-refractivity contribution in [3.05, 3.63) is 59.2 Å². The summed E-state index contributed by atoms with van der Waals surface area (Å²) in [6.07, 6.45) is 1.92. The lowest BCUT2D eigenvalue weighted by molar-refractivity contribution is -0.134. The Balaban J connectivity index is 1.77. The molecule has 2 aromatic rings. The van der Waals surface area contributed by atoms with E-state index in [1.165, 1.54) is 5.56 Å². The van der Waals surface area contributed by atoms with E-state index >= 15 is 0 Å². The number of hydrogen-bond donors (Lipinski definition) is 0. The highest BCUT2D eigenvalue weighted by Gasteiger charge is 2.43. The van der Waals surface area contributed by atoms with Gasteiger partial charge in [-0.15, -0.1) is 0 Å². The van der Waals surface area contributed by atoms with Crippen LogP contribution in [0.5, 0.6) is 11.5 Å². The highest BCUT2D eigenvalue weighted by molar-refractivity contribution is 6.07. The Morgan fingerprint density at radius 2 is 1.79 bits per heavy atom. The Kier molecular flexibility index (Phi) is 5.28. The van der Waals surface area contributed by atoms with Crippen LogP contribution in [0.3, 0.4) is 0 Å². The predicted molar refractivity (Wildman–Crippen MR) is 112 cm³/mol. The quantitative estimate of drug-likeness (QED) is 0.783. The number of hydrogen-bond acceptors (Lipinski definition) is 5. The van der Waals surface area contributed by atoms with Crippen molar-refractivity contribution >= 4 is 11.6 Å². The molecule has 0 saturated carbocycles. The molecule has 1 aliphatic heterocycles.